The second-order valence-electron chi connectivity index (χ2n) is 5.76. The molecule has 0 aromatic heterocycles. The molecule has 4 nitrogen and oxygen atoms in total. The first kappa shape index (κ1) is 15.2. The molecule has 0 radical (unpaired) electrons. The van der Waals surface area contributed by atoms with Gasteiger partial charge in [-0.2, -0.15) is 0 Å². The van der Waals surface area contributed by atoms with Crippen molar-refractivity contribution in [1.82, 2.24) is 0 Å². The Hall–Kier alpha value is -2.75. The van der Waals surface area contributed by atoms with E-state index in [2.05, 4.69) is 0 Å². The van der Waals surface area contributed by atoms with Gasteiger partial charge in [-0.3, -0.25) is 0 Å². The van der Waals surface area contributed by atoms with Gasteiger partial charge in [-0.25, -0.2) is 4.79 Å². The summed E-state index contributed by atoms with van der Waals surface area (Å²) in [5.41, 5.74) is 1.03. The number of aliphatic hydroxyl groups is 1. The third-order valence-corrected chi connectivity index (χ3v) is 4.10. The molecule has 118 valence electrons. The zero-order valence-electron chi connectivity index (χ0n) is 12.6. The molecule has 2 aromatic carbocycles. The van der Waals surface area contributed by atoms with Gasteiger partial charge in [0.2, 0.25) is 0 Å². The van der Waals surface area contributed by atoms with Crippen LogP contribution in [0.5, 0.6) is 5.75 Å². The molecule has 23 heavy (non-hydrogen) atoms. The fourth-order valence-corrected chi connectivity index (χ4v) is 2.93. The van der Waals surface area contributed by atoms with Gasteiger partial charge < -0.3 is 14.9 Å². The summed E-state index contributed by atoms with van der Waals surface area (Å²) in [5.74, 6) is -0.268. The largest absolute Gasteiger partial charge is 0.512 e. The highest BCUT2D eigenvalue weighted by Crippen LogP contribution is 2.39. The van der Waals surface area contributed by atoms with E-state index in [-0.39, 0.29) is 17.9 Å². The quantitative estimate of drug-likeness (QED) is 0.847. The Bertz CT molecular complexity index is 719. The van der Waals surface area contributed by atoms with E-state index in [1.807, 2.05) is 42.5 Å². The van der Waals surface area contributed by atoms with Crippen molar-refractivity contribution < 1.29 is 19.7 Å². The molecular formula is C19H18O4. The first-order valence-corrected chi connectivity index (χ1v) is 7.53. The molecule has 0 unspecified atom stereocenters. The van der Waals surface area contributed by atoms with Crippen molar-refractivity contribution in [3.63, 3.8) is 0 Å². The van der Waals surface area contributed by atoms with Gasteiger partial charge in [0.15, 0.2) is 0 Å². The van der Waals surface area contributed by atoms with Crippen LogP contribution >= 0.6 is 0 Å². The van der Waals surface area contributed by atoms with E-state index in [4.69, 9.17) is 4.74 Å². The average Bonchev–Trinajstić information content (AvgIpc) is 2.54. The SMILES string of the molecule is O=C1C=C(O)C[C@@](CCc2ccc(O)cc2)(c2ccccc2)O1. The highest BCUT2D eigenvalue weighted by Gasteiger charge is 2.39. The van der Waals surface area contributed by atoms with Crippen molar-refractivity contribution in [2.24, 2.45) is 0 Å². The smallest absolute Gasteiger partial charge is 0.335 e. The third-order valence-electron chi connectivity index (χ3n) is 4.10. The minimum Gasteiger partial charge on any atom is -0.512 e. The number of hydrogen-bond acceptors (Lipinski definition) is 4. The van der Waals surface area contributed by atoms with Crippen LogP contribution in [0.25, 0.3) is 0 Å². The van der Waals surface area contributed by atoms with Crippen molar-refractivity contribution >= 4 is 5.97 Å². The van der Waals surface area contributed by atoms with Gasteiger partial charge in [0, 0.05) is 6.42 Å². The van der Waals surface area contributed by atoms with Crippen LogP contribution in [-0.2, 0) is 21.6 Å². The maximum absolute atomic E-state index is 11.8. The zero-order valence-corrected chi connectivity index (χ0v) is 12.6. The lowest BCUT2D eigenvalue weighted by Gasteiger charge is -2.36. The molecule has 3 rings (SSSR count). The fourth-order valence-electron chi connectivity index (χ4n) is 2.93. The molecule has 0 saturated heterocycles. The standard InChI is InChI=1S/C19H18O4/c20-16-8-6-14(7-9-16)10-11-19(15-4-2-1-3-5-15)13-17(21)12-18(22)23-19/h1-9,12,20-21H,10-11,13H2/t19-/m0/s1. The number of aryl methyl sites for hydroxylation is 1. The number of ether oxygens (including phenoxy) is 1. The molecule has 1 atom stereocenters. The minimum atomic E-state index is -0.866. The molecule has 4 heteroatoms. The maximum Gasteiger partial charge on any atom is 0.335 e. The van der Waals surface area contributed by atoms with Crippen molar-refractivity contribution in [2.75, 3.05) is 0 Å². The summed E-state index contributed by atoms with van der Waals surface area (Å²) < 4.78 is 5.65. The molecule has 2 aromatic rings. The van der Waals surface area contributed by atoms with Gasteiger partial charge in [-0.1, -0.05) is 42.5 Å². The molecule has 0 fully saturated rings. The van der Waals surface area contributed by atoms with E-state index in [0.717, 1.165) is 17.2 Å². The van der Waals surface area contributed by atoms with Crippen LogP contribution in [0.4, 0.5) is 0 Å². The van der Waals surface area contributed by atoms with E-state index >= 15 is 0 Å². The Balaban J connectivity index is 1.88. The van der Waals surface area contributed by atoms with Crippen molar-refractivity contribution in [2.45, 2.75) is 24.9 Å². The van der Waals surface area contributed by atoms with E-state index in [1.165, 1.54) is 0 Å². The number of carbonyl (C=O) groups is 1. The van der Waals surface area contributed by atoms with E-state index in [0.29, 0.717) is 12.8 Å². The van der Waals surface area contributed by atoms with Crippen LogP contribution in [0.3, 0.4) is 0 Å². The minimum absolute atomic E-state index is 0.0378. The van der Waals surface area contributed by atoms with Gasteiger partial charge in [-0.05, 0) is 36.1 Å². The number of hydrogen-bond donors (Lipinski definition) is 2. The van der Waals surface area contributed by atoms with Gasteiger partial charge in [0.25, 0.3) is 0 Å². The number of phenolic OH excluding ortho intramolecular Hbond substituents is 1. The molecular weight excluding hydrogens is 292 g/mol. The summed E-state index contributed by atoms with van der Waals surface area (Å²) in [6.45, 7) is 0. The van der Waals surface area contributed by atoms with Crippen molar-refractivity contribution in [3.8, 4) is 5.75 Å². The molecule has 0 amide bonds. The summed E-state index contributed by atoms with van der Waals surface area (Å²) >= 11 is 0. The summed E-state index contributed by atoms with van der Waals surface area (Å²) in [4.78, 5) is 11.8. The van der Waals surface area contributed by atoms with Gasteiger partial charge in [-0.15, -0.1) is 0 Å². The average molecular weight is 310 g/mol. The van der Waals surface area contributed by atoms with E-state index in [9.17, 15) is 15.0 Å². The Labute approximate surface area is 134 Å². The van der Waals surface area contributed by atoms with Crippen LogP contribution < -0.4 is 0 Å². The molecule has 1 aliphatic rings. The lowest BCUT2D eigenvalue weighted by molar-refractivity contribution is -0.159. The van der Waals surface area contributed by atoms with Crippen molar-refractivity contribution in [1.29, 1.82) is 0 Å². The number of aliphatic hydroxyl groups excluding tert-OH is 1. The van der Waals surface area contributed by atoms with Gasteiger partial charge in [0.05, 0.1) is 6.08 Å². The number of carbonyl (C=O) groups excluding carboxylic acids is 1. The molecule has 0 aliphatic carbocycles. The predicted molar refractivity (Wildman–Crippen MR) is 86.0 cm³/mol. The molecule has 1 heterocycles. The molecule has 1 aliphatic heterocycles. The van der Waals surface area contributed by atoms with Crippen LogP contribution in [-0.4, -0.2) is 16.2 Å². The van der Waals surface area contributed by atoms with Crippen molar-refractivity contribution in [3.05, 3.63) is 77.6 Å². The van der Waals surface area contributed by atoms with Crippen LogP contribution in [0.15, 0.2) is 66.4 Å². The third kappa shape index (κ3) is 3.37. The van der Waals surface area contributed by atoms with Gasteiger partial charge >= 0.3 is 5.97 Å². The molecule has 0 spiro atoms. The first-order valence-electron chi connectivity index (χ1n) is 7.53. The lowest BCUT2D eigenvalue weighted by atomic mass is 9.83. The second-order valence-corrected chi connectivity index (χ2v) is 5.76. The summed E-state index contributed by atoms with van der Waals surface area (Å²) in [6, 6.07) is 16.4. The summed E-state index contributed by atoms with van der Waals surface area (Å²) in [7, 11) is 0. The highest BCUT2D eigenvalue weighted by molar-refractivity contribution is 5.84. The van der Waals surface area contributed by atoms with Crippen LogP contribution in [0, 0.1) is 0 Å². The normalized spacial score (nSPS) is 20.7. The number of benzene rings is 2. The predicted octanol–water partition coefficient (Wildman–Crippen LogP) is 3.61. The maximum atomic E-state index is 11.8. The Kier molecular flexibility index (Phi) is 4.06. The second kappa shape index (κ2) is 6.16. The number of rotatable bonds is 4. The van der Waals surface area contributed by atoms with Crippen LogP contribution in [0.2, 0.25) is 0 Å². The Morgan fingerprint density at radius 1 is 1.00 bits per heavy atom. The van der Waals surface area contributed by atoms with E-state index < -0.39 is 11.6 Å². The monoisotopic (exact) mass is 310 g/mol. The number of phenols is 1. The van der Waals surface area contributed by atoms with Crippen LogP contribution in [0.1, 0.15) is 24.0 Å². The lowest BCUT2D eigenvalue weighted by Crippen LogP contribution is -2.36. The summed E-state index contributed by atoms with van der Waals surface area (Å²) in [5, 5.41) is 19.3. The number of esters is 1. The molecule has 0 saturated carbocycles. The number of cyclic esters (lactones) is 1. The Morgan fingerprint density at radius 3 is 2.35 bits per heavy atom. The number of aromatic hydroxyl groups is 1. The molecule has 0 bridgehead atoms. The first-order chi connectivity index (χ1) is 11.1. The molecule has 2 N–H and O–H groups in total. The fraction of sp³-hybridized carbons (Fsp3) is 0.211. The van der Waals surface area contributed by atoms with E-state index in [1.54, 1.807) is 12.1 Å². The topological polar surface area (TPSA) is 66.8 Å². The highest BCUT2D eigenvalue weighted by atomic mass is 16.6. The summed E-state index contributed by atoms with van der Waals surface area (Å²) in [6.07, 6.45) is 2.60. The Morgan fingerprint density at radius 2 is 1.70 bits per heavy atom. The van der Waals surface area contributed by atoms with Gasteiger partial charge in [0.1, 0.15) is 17.1 Å². The zero-order chi connectivity index (χ0) is 16.3.